The summed E-state index contributed by atoms with van der Waals surface area (Å²) in [6.07, 6.45) is 0. The highest BCUT2D eigenvalue weighted by Crippen LogP contribution is 2.29. The number of halogens is 4. The summed E-state index contributed by atoms with van der Waals surface area (Å²) in [4.78, 5) is 0. The predicted octanol–water partition coefficient (Wildman–Crippen LogP) is 4.58. The van der Waals surface area contributed by atoms with Crippen molar-refractivity contribution in [2.45, 2.75) is 6.04 Å². The van der Waals surface area contributed by atoms with Crippen molar-refractivity contribution in [1.29, 1.82) is 0 Å². The molecular formula is C14H11Cl2F2N. The van der Waals surface area contributed by atoms with Gasteiger partial charge in [-0.15, -0.1) is 0 Å². The standard InChI is InChI=1S/C14H11Cl2F2N/c1-19-14(10-4-2-8(15)6-12(10)17)11-5-3-9(16)7-13(11)18/h2-7,14,19H,1H3. The molecule has 0 radical (unpaired) electrons. The molecule has 5 heteroatoms. The fraction of sp³-hybridized carbons (Fsp3) is 0.143. The molecule has 0 amide bonds. The van der Waals surface area contributed by atoms with Gasteiger partial charge in [-0.2, -0.15) is 0 Å². The number of rotatable bonds is 3. The largest absolute Gasteiger partial charge is 0.309 e. The van der Waals surface area contributed by atoms with Crippen LogP contribution in [0.3, 0.4) is 0 Å². The molecule has 0 atom stereocenters. The number of hydrogen-bond donors (Lipinski definition) is 1. The Morgan fingerprint density at radius 1 is 0.895 bits per heavy atom. The van der Waals surface area contributed by atoms with Crippen LogP contribution in [0.25, 0.3) is 0 Å². The smallest absolute Gasteiger partial charge is 0.129 e. The molecule has 0 aliphatic carbocycles. The third kappa shape index (κ3) is 3.06. The van der Waals surface area contributed by atoms with Gasteiger partial charge in [0.15, 0.2) is 0 Å². The van der Waals surface area contributed by atoms with E-state index in [1.54, 1.807) is 19.2 Å². The van der Waals surface area contributed by atoms with Crippen LogP contribution in [0.1, 0.15) is 17.2 Å². The summed E-state index contributed by atoms with van der Waals surface area (Å²) >= 11 is 11.4. The van der Waals surface area contributed by atoms with Crippen molar-refractivity contribution in [2.75, 3.05) is 7.05 Å². The average Bonchev–Trinajstić information content (AvgIpc) is 2.34. The lowest BCUT2D eigenvalue weighted by Crippen LogP contribution is -2.20. The third-order valence-electron chi connectivity index (χ3n) is 2.84. The molecule has 2 aromatic carbocycles. The Balaban J connectivity index is 2.50. The highest BCUT2D eigenvalue weighted by molar-refractivity contribution is 6.30. The van der Waals surface area contributed by atoms with E-state index < -0.39 is 17.7 Å². The van der Waals surface area contributed by atoms with E-state index in [1.807, 2.05) is 0 Å². The van der Waals surface area contributed by atoms with Gasteiger partial charge in [0, 0.05) is 21.2 Å². The van der Waals surface area contributed by atoms with E-state index in [0.717, 1.165) is 0 Å². The Kier molecular flexibility index (Phi) is 4.40. The molecule has 100 valence electrons. The topological polar surface area (TPSA) is 12.0 Å². The molecule has 0 saturated carbocycles. The van der Waals surface area contributed by atoms with E-state index in [2.05, 4.69) is 5.32 Å². The fourth-order valence-corrected chi connectivity index (χ4v) is 2.27. The van der Waals surface area contributed by atoms with Crippen LogP contribution in [0.4, 0.5) is 8.78 Å². The van der Waals surface area contributed by atoms with Gasteiger partial charge in [0.1, 0.15) is 11.6 Å². The number of hydrogen-bond acceptors (Lipinski definition) is 1. The lowest BCUT2D eigenvalue weighted by Gasteiger charge is -2.18. The molecule has 0 aliphatic heterocycles. The summed E-state index contributed by atoms with van der Waals surface area (Å²) < 4.78 is 27.8. The van der Waals surface area contributed by atoms with Crippen LogP contribution < -0.4 is 5.32 Å². The van der Waals surface area contributed by atoms with Crippen LogP contribution in [-0.2, 0) is 0 Å². The maximum absolute atomic E-state index is 13.9. The van der Waals surface area contributed by atoms with Crippen LogP contribution in [-0.4, -0.2) is 7.05 Å². The molecule has 19 heavy (non-hydrogen) atoms. The minimum absolute atomic E-state index is 0.299. The van der Waals surface area contributed by atoms with Crippen LogP contribution in [0.5, 0.6) is 0 Å². The first-order valence-corrected chi connectivity index (χ1v) is 6.35. The third-order valence-corrected chi connectivity index (χ3v) is 3.31. The molecule has 0 saturated heterocycles. The summed E-state index contributed by atoms with van der Waals surface area (Å²) in [5, 5.41) is 3.49. The summed E-state index contributed by atoms with van der Waals surface area (Å²) in [7, 11) is 1.63. The normalized spacial score (nSPS) is 11.1. The Labute approximate surface area is 120 Å². The molecular weight excluding hydrogens is 291 g/mol. The molecule has 0 unspecified atom stereocenters. The SMILES string of the molecule is CNC(c1ccc(Cl)cc1F)c1ccc(Cl)cc1F. The van der Waals surface area contributed by atoms with E-state index >= 15 is 0 Å². The zero-order valence-corrected chi connectivity index (χ0v) is 11.6. The zero-order valence-electron chi connectivity index (χ0n) is 10.1. The van der Waals surface area contributed by atoms with Crippen molar-refractivity contribution in [3.63, 3.8) is 0 Å². The molecule has 1 N–H and O–H groups in total. The van der Waals surface area contributed by atoms with Gasteiger partial charge in [0.05, 0.1) is 6.04 Å². The Hall–Kier alpha value is -1.16. The van der Waals surface area contributed by atoms with Gasteiger partial charge >= 0.3 is 0 Å². The molecule has 0 aromatic heterocycles. The summed E-state index contributed by atoms with van der Waals surface area (Å²) in [6, 6.07) is 8.01. The Morgan fingerprint density at radius 2 is 1.32 bits per heavy atom. The van der Waals surface area contributed by atoms with E-state index in [1.165, 1.54) is 24.3 Å². The van der Waals surface area contributed by atoms with Gasteiger partial charge in [0.25, 0.3) is 0 Å². The number of benzene rings is 2. The van der Waals surface area contributed by atoms with Crippen LogP contribution in [0.15, 0.2) is 36.4 Å². The maximum Gasteiger partial charge on any atom is 0.129 e. The fourth-order valence-electron chi connectivity index (χ4n) is 1.95. The predicted molar refractivity (Wildman–Crippen MR) is 73.7 cm³/mol. The van der Waals surface area contributed by atoms with Crippen molar-refractivity contribution < 1.29 is 8.78 Å². The molecule has 2 rings (SSSR count). The van der Waals surface area contributed by atoms with Crippen molar-refractivity contribution in [3.05, 3.63) is 69.2 Å². The van der Waals surface area contributed by atoms with Gasteiger partial charge in [-0.05, 0) is 31.3 Å². The molecule has 0 bridgehead atoms. The maximum atomic E-state index is 13.9. The van der Waals surface area contributed by atoms with Crippen molar-refractivity contribution in [3.8, 4) is 0 Å². The van der Waals surface area contributed by atoms with E-state index in [9.17, 15) is 8.78 Å². The second kappa shape index (κ2) is 5.87. The Bertz CT molecular complexity index is 550. The minimum Gasteiger partial charge on any atom is -0.309 e. The molecule has 0 heterocycles. The molecule has 1 nitrogen and oxygen atoms in total. The molecule has 0 spiro atoms. The summed E-state index contributed by atoms with van der Waals surface area (Å²) in [5.74, 6) is -0.970. The number of nitrogens with one attached hydrogen (secondary N) is 1. The lowest BCUT2D eigenvalue weighted by molar-refractivity contribution is 0.547. The Morgan fingerprint density at radius 3 is 1.63 bits per heavy atom. The van der Waals surface area contributed by atoms with Crippen LogP contribution >= 0.6 is 23.2 Å². The quantitative estimate of drug-likeness (QED) is 0.875. The molecule has 0 fully saturated rings. The van der Waals surface area contributed by atoms with Gasteiger partial charge in [-0.25, -0.2) is 8.78 Å². The molecule has 0 aliphatic rings. The second-order valence-corrected chi connectivity index (χ2v) is 4.93. The van der Waals surface area contributed by atoms with Crippen LogP contribution in [0, 0.1) is 11.6 Å². The van der Waals surface area contributed by atoms with E-state index in [-0.39, 0.29) is 0 Å². The van der Waals surface area contributed by atoms with Gasteiger partial charge < -0.3 is 5.32 Å². The average molecular weight is 302 g/mol. The van der Waals surface area contributed by atoms with Crippen molar-refractivity contribution in [2.24, 2.45) is 0 Å². The van der Waals surface area contributed by atoms with Gasteiger partial charge in [-0.3, -0.25) is 0 Å². The first-order valence-electron chi connectivity index (χ1n) is 5.60. The van der Waals surface area contributed by atoms with Crippen molar-refractivity contribution >= 4 is 23.2 Å². The molecule has 2 aromatic rings. The van der Waals surface area contributed by atoms with Crippen molar-refractivity contribution in [1.82, 2.24) is 5.32 Å². The monoisotopic (exact) mass is 301 g/mol. The highest BCUT2D eigenvalue weighted by atomic mass is 35.5. The van der Waals surface area contributed by atoms with Gasteiger partial charge in [-0.1, -0.05) is 35.3 Å². The van der Waals surface area contributed by atoms with Gasteiger partial charge in [0.2, 0.25) is 0 Å². The lowest BCUT2D eigenvalue weighted by atomic mass is 9.98. The highest BCUT2D eigenvalue weighted by Gasteiger charge is 2.19. The minimum atomic E-state index is -0.602. The van der Waals surface area contributed by atoms with E-state index in [4.69, 9.17) is 23.2 Å². The summed E-state index contributed by atoms with van der Waals surface area (Å²) in [6.45, 7) is 0. The zero-order chi connectivity index (χ0) is 14.0. The first kappa shape index (κ1) is 14.3. The second-order valence-electron chi connectivity index (χ2n) is 4.05. The van der Waals surface area contributed by atoms with Crippen LogP contribution in [0.2, 0.25) is 10.0 Å². The van der Waals surface area contributed by atoms with E-state index in [0.29, 0.717) is 21.2 Å². The first-order chi connectivity index (χ1) is 9.02. The summed E-state index contributed by atoms with van der Waals surface area (Å²) in [5.41, 5.74) is 0.654.